The molecule has 23 heavy (non-hydrogen) atoms. The number of rotatable bonds is 4. The van der Waals surface area contributed by atoms with E-state index in [4.69, 9.17) is 15.9 Å². The fourth-order valence-electron chi connectivity index (χ4n) is 2.05. The Kier molecular flexibility index (Phi) is 6.47. The Bertz CT molecular complexity index is 719. The zero-order chi connectivity index (χ0) is 17.6. The summed E-state index contributed by atoms with van der Waals surface area (Å²) in [5, 5.41) is 16.6. The minimum Gasteiger partial charge on any atom is -0.478 e. The van der Waals surface area contributed by atoms with Crippen LogP contribution in [-0.4, -0.2) is 32.8 Å². The number of hydrogen-bond donors (Lipinski definition) is 3. The van der Waals surface area contributed by atoms with Gasteiger partial charge < -0.3 is 20.5 Å². The Morgan fingerprint density at radius 1 is 1.30 bits per heavy atom. The van der Waals surface area contributed by atoms with Crippen molar-refractivity contribution < 1.29 is 24.2 Å². The second kappa shape index (κ2) is 8.09. The van der Waals surface area contributed by atoms with Gasteiger partial charge in [0.2, 0.25) is 0 Å². The highest BCUT2D eigenvalue weighted by Gasteiger charge is 2.07. The van der Waals surface area contributed by atoms with Crippen molar-refractivity contribution in [3.05, 3.63) is 47.9 Å². The molecule has 1 atom stereocenters. The average molecular weight is 322 g/mol. The standard InChI is InChI=1S/C12H15FN2.C4H4O4/c1-8-6-15(7-9(2)14)12-4-3-10(13)5-11(8)12;5-3(6)1-2-4(7)8/h3-6,9H,7,14H2,1-2H3;1-2H,(H,5,6)(H,7,8)/t9-;/m0./s1. The van der Waals surface area contributed by atoms with Gasteiger partial charge in [-0.25, -0.2) is 14.0 Å². The van der Waals surface area contributed by atoms with Gasteiger partial charge in [-0.15, -0.1) is 0 Å². The first kappa shape index (κ1) is 18.4. The summed E-state index contributed by atoms with van der Waals surface area (Å²) in [6.45, 7) is 4.71. The van der Waals surface area contributed by atoms with Crippen LogP contribution in [0.5, 0.6) is 0 Å². The van der Waals surface area contributed by atoms with Crippen LogP contribution in [0.2, 0.25) is 0 Å². The Hall–Kier alpha value is -2.67. The predicted molar refractivity (Wildman–Crippen MR) is 84.7 cm³/mol. The zero-order valence-electron chi connectivity index (χ0n) is 12.9. The number of nitrogens with zero attached hydrogens (tertiary/aromatic N) is 1. The fraction of sp³-hybridized carbons (Fsp3) is 0.250. The van der Waals surface area contributed by atoms with E-state index in [0.717, 1.165) is 23.0 Å². The number of aryl methyl sites for hydroxylation is 1. The van der Waals surface area contributed by atoms with Crippen molar-refractivity contribution in [2.24, 2.45) is 5.73 Å². The van der Waals surface area contributed by atoms with Crippen LogP contribution >= 0.6 is 0 Å². The van der Waals surface area contributed by atoms with E-state index in [2.05, 4.69) is 4.57 Å². The van der Waals surface area contributed by atoms with E-state index < -0.39 is 11.9 Å². The molecule has 0 unspecified atom stereocenters. The Labute approximate surface area is 132 Å². The lowest BCUT2D eigenvalue weighted by Gasteiger charge is -2.07. The van der Waals surface area contributed by atoms with Gasteiger partial charge in [-0.1, -0.05) is 0 Å². The molecule has 2 aromatic rings. The first-order valence-corrected chi connectivity index (χ1v) is 6.85. The lowest BCUT2D eigenvalue weighted by Crippen LogP contribution is -2.21. The molecule has 0 saturated heterocycles. The van der Waals surface area contributed by atoms with Crippen LogP contribution in [0.15, 0.2) is 36.5 Å². The molecular formula is C16H19FN2O4. The van der Waals surface area contributed by atoms with Gasteiger partial charge in [-0.2, -0.15) is 0 Å². The number of nitrogens with two attached hydrogens (primary N) is 1. The number of carboxylic acid groups (broad SMARTS) is 2. The first-order valence-electron chi connectivity index (χ1n) is 6.85. The van der Waals surface area contributed by atoms with Gasteiger partial charge in [-0.05, 0) is 37.6 Å². The molecule has 0 aliphatic rings. The van der Waals surface area contributed by atoms with Gasteiger partial charge in [0.05, 0.1) is 0 Å². The summed E-state index contributed by atoms with van der Waals surface area (Å²) in [5.74, 6) is -2.70. The van der Waals surface area contributed by atoms with Crippen LogP contribution in [0.3, 0.4) is 0 Å². The SMILES string of the molecule is Cc1cn(C[C@H](C)N)c2ccc(F)cc12.O=C(O)C=CC(=O)O. The molecule has 0 aliphatic carbocycles. The smallest absolute Gasteiger partial charge is 0.328 e. The minimum atomic E-state index is -1.26. The number of halogens is 1. The summed E-state index contributed by atoms with van der Waals surface area (Å²) in [5.41, 5.74) is 7.90. The van der Waals surface area contributed by atoms with E-state index in [0.29, 0.717) is 12.2 Å². The Balaban J connectivity index is 0.000000284. The summed E-state index contributed by atoms with van der Waals surface area (Å²) >= 11 is 0. The van der Waals surface area contributed by atoms with Gasteiger partial charge in [0, 0.05) is 41.8 Å². The summed E-state index contributed by atoms with van der Waals surface area (Å²) in [4.78, 5) is 19.1. The third kappa shape index (κ3) is 5.91. The lowest BCUT2D eigenvalue weighted by molar-refractivity contribution is -0.134. The average Bonchev–Trinajstić information content (AvgIpc) is 2.72. The highest BCUT2D eigenvalue weighted by molar-refractivity contribution is 5.89. The molecule has 0 bridgehead atoms. The third-order valence-electron chi connectivity index (χ3n) is 2.90. The molecular weight excluding hydrogens is 303 g/mol. The summed E-state index contributed by atoms with van der Waals surface area (Å²) in [7, 11) is 0. The highest BCUT2D eigenvalue weighted by Crippen LogP contribution is 2.21. The summed E-state index contributed by atoms with van der Waals surface area (Å²) in [6.07, 6.45) is 3.14. The monoisotopic (exact) mass is 322 g/mol. The van der Waals surface area contributed by atoms with Crippen LogP contribution in [0.1, 0.15) is 12.5 Å². The summed E-state index contributed by atoms with van der Waals surface area (Å²) in [6, 6.07) is 4.96. The molecule has 1 heterocycles. The molecule has 7 heteroatoms. The van der Waals surface area contributed by atoms with Gasteiger partial charge in [-0.3, -0.25) is 0 Å². The molecule has 0 fully saturated rings. The molecule has 1 aromatic carbocycles. The van der Waals surface area contributed by atoms with Gasteiger partial charge in [0.1, 0.15) is 5.82 Å². The Morgan fingerprint density at radius 2 is 1.87 bits per heavy atom. The van der Waals surface area contributed by atoms with Crippen molar-refractivity contribution >= 4 is 22.8 Å². The van der Waals surface area contributed by atoms with Gasteiger partial charge in [0.15, 0.2) is 0 Å². The van der Waals surface area contributed by atoms with E-state index >= 15 is 0 Å². The molecule has 124 valence electrons. The van der Waals surface area contributed by atoms with Gasteiger partial charge >= 0.3 is 11.9 Å². The van der Waals surface area contributed by atoms with Crippen molar-refractivity contribution in [1.29, 1.82) is 0 Å². The van der Waals surface area contributed by atoms with Crippen molar-refractivity contribution in [3.63, 3.8) is 0 Å². The molecule has 1 aromatic heterocycles. The molecule has 0 amide bonds. The van der Waals surface area contributed by atoms with Crippen LogP contribution in [0, 0.1) is 12.7 Å². The van der Waals surface area contributed by atoms with Crippen LogP contribution in [0.4, 0.5) is 4.39 Å². The van der Waals surface area contributed by atoms with E-state index in [-0.39, 0.29) is 11.9 Å². The summed E-state index contributed by atoms with van der Waals surface area (Å²) < 4.78 is 15.1. The normalized spacial score (nSPS) is 12.0. The molecule has 0 aliphatic heterocycles. The topological polar surface area (TPSA) is 106 Å². The molecule has 0 spiro atoms. The number of benzene rings is 1. The number of aliphatic carboxylic acids is 2. The molecule has 0 saturated carbocycles. The molecule has 0 radical (unpaired) electrons. The highest BCUT2D eigenvalue weighted by atomic mass is 19.1. The van der Waals surface area contributed by atoms with E-state index in [1.54, 1.807) is 12.1 Å². The second-order valence-electron chi connectivity index (χ2n) is 5.11. The number of fused-ring (bicyclic) bond motifs is 1. The number of carbonyl (C=O) groups is 2. The fourth-order valence-corrected chi connectivity index (χ4v) is 2.05. The first-order chi connectivity index (χ1) is 10.7. The van der Waals surface area contributed by atoms with E-state index in [1.165, 1.54) is 6.07 Å². The van der Waals surface area contributed by atoms with Gasteiger partial charge in [0.25, 0.3) is 0 Å². The largest absolute Gasteiger partial charge is 0.478 e. The quantitative estimate of drug-likeness (QED) is 0.748. The zero-order valence-corrected chi connectivity index (χ0v) is 12.9. The maximum absolute atomic E-state index is 13.1. The molecule has 6 nitrogen and oxygen atoms in total. The van der Waals surface area contributed by atoms with Crippen molar-refractivity contribution in [2.75, 3.05) is 0 Å². The predicted octanol–water partition coefficient (Wildman–Crippen LogP) is 2.15. The minimum absolute atomic E-state index is 0.102. The van der Waals surface area contributed by atoms with Crippen molar-refractivity contribution in [1.82, 2.24) is 4.57 Å². The maximum atomic E-state index is 13.1. The van der Waals surface area contributed by atoms with Crippen LogP contribution in [-0.2, 0) is 16.1 Å². The van der Waals surface area contributed by atoms with E-state index in [9.17, 15) is 14.0 Å². The Morgan fingerprint density at radius 3 is 2.35 bits per heavy atom. The molecule has 4 N–H and O–H groups in total. The van der Waals surface area contributed by atoms with Crippen molar-refractivity contribution in [2.45, 2.75) is 26.4 Å². The van der Waals surface area contributed by atoms with Crippen LogP contribution in [0.25, 0.3) is 10.9 Å². The molecule has 2 rings (SSSR count). The third-order valence-corrected chi connectivity index (χ3v) is 2.90. The lowest BCUT2D eigenvalue weighted by atomic mass is 10.2. The van der Waals surface area contributed by atoms with Crippen molar-refractivity contribution in [3.8, 4) is 0 Å². The maximum Gasteiger partial charge on any atom is 0.328 e. The number of carboxylic acids is 2. The number of aromatic nitrogens is 1. The number of hydrogen-bond acceptors (Lipinski definition) is 3. The van der Waals surface area contributed by atoms with Crippen LogP contribution < -0.4 is 5.73 Å². The second-order valence-corrected chi connectivity index (χ2v) is 5.11. The van der Waals surface area contributed by atoms with E-state index in [1.807, 2.05) is 20.0 Å².